The SMILES string of the molecule is O=C1CCNNCC1.[Na]. The molecule has 0 atom stereocenters. The summed E-state index contributed by atoms with van der Waals surface area (Å²) in [5.74, 6) is 0.350. The summed E-state index contributed by atoms with van der Waals surface area (Å²) in [7, 11) is 0. The molecule has 0 spiro atoms. The Morgan fingerprint density at radius 2 is 1.56 bits per heavy atom. The van der Waals surface area contributed by atoms with Gasteiger partial charge in [-0.05, 0) is 0 Å². The third-order valence-corrected chi connectivity index (χ3v) is 1.18. The zero-order chi connectivity index (χ0) is 5.82. The Kier molecular flexibility index (Phi) is 5.73. The van der Waals surface area contributed by atoms with E-state index in [1.807, 2.05) is 0 Å². The molecule has 1 rings (SSSR count). The van der Waals surface area contributed by atoms with Gasteiger partial charge in [0.05, 0.1) is 0 Å². The van der Waals surface area contributed by atoms with Crippen LogP contribution in [0.4, 0.5) is 0 Å². The maximum absolute atomic E-state index is 10.6. The summed E-state index contributed by atoms with van der Waals surface area (Å²) in [6.07, 6.45) is 1.35. The van der Waals surface area contributed by atoms with Crippen LogP contribution in [-0.4, -0.2) is 48.4 Å². The van der Waals surface area contributed by atoms with Crippen LogP contribution >= 0.6 is 0 Å². The van der Waals surface area contributed by atoms with Gasteiger partial charge >= 0.3 is 0 Å². The zero-order valence-electron chi connectivity index (χ0n) is 5.74. The fourth-order valence-electron chi connectivity index (χ4n) is 0.706. The predicted molar refractivity (Wildman–Crippen MR) is 36.0 cm³/mol. The van der Waals surface area contributed by atoms with Gasteiger partial charge in [0.15, 0.2) is 0 Å². The maximum Gasteiger partial charge on any atom is 0.135 e. The van der Waals surface area contributed by atoms with E-state index in [-0.39, 0.29) is 29.6 Å². The molecule has 2 N–H and O–H groups in total. The van der Waals surface area contributed by atoms with Gasteiger partial charge in [0.25, 0.3) is 0 Å². The molecule has 1 aliphatic rings. The van der Waals surface area contributed by atoms with E-state index in [4.69, 9.17) is 0 Å². The molecule has 4 heteroatoms. The molecule has 1 heterocycles. The Balaban J connectivity index is 0.000000640. The van der Waals surface area contributed by atoms with Crippen LogP contribution in [0.25, 0.3) is 0 Å². The Labute approximate surface area is 76.8 Å². The van der Waals surface area contributed by atoms with Crippen molar-refractivity contribution in [2.45, 2.75) is 12.8 Å². The largest absolute Gasteiger partial charge is 0.300 e. The Hall–Kier alpha value is 0.590. The van der Waals surface area contributed by atoms with E-state index < -0.39 is 0 Å². The van der Waals surface area contributed by atoms with Crippen molar-refractivity contribution in [3.63, 3.8) is 0 Å². The molecule has 0 unspecified atom stereocenters. The van der Waals surface area contributed by atoms with E-state index in [0.29, 0.717) is 18.6 Å². The zero-order valence-corrected chi connectivity index (χ0v) is 7.74. The molecule has 0 aliphatic carbocycles. The standard InChI is InChI=1S/C5H10N2O.Na/c8-5-1-3-6-7-4-2-5;/h6-7H,1-4H2;. The van der Waals surface area contributed by atoms with E-state index in [1.165, 1.54) is 0 Å². The Bertz CT molecular complexity index is 87.0. The second-order valence-electron chi connectivity index (χ2n) is 1.89. The van der Waals surface area contributed by atoms with Crippen LogP contribution in [0.3, 0.4) is 0 Å². The van der Waals surface area contributed by atoms with Gasteiger partial charge in [-0.2, -0.15) is 0 Å². The number of Topliss-reactive ketones (excluding diaryl/α,β-unsaturated/α-hetero) is 1. The fourth-order valence-corrected chi connectivity index (χ4v) is 0.706. The Morgan fingerprint density at radius 3 is 2.00 bits per heavy atom. The summed E-state index contributed by atoms with van der Waals surface area (Å²) in [5, 5.41) is 0. The minimum absolute atomic E-state index is 0. The van der Waals surface area contributed by atoms with Gasteiger partial charge in [-0.1, -0.05) is 0 Å². The summed E-state index contributed by atoms with van der Waals surface area (Å²) in [6, 6.07) is 0. The van der Waals surface area contributed by atoms with Crippen LogP contribution in [0, 0.1) is 0 Å². The van der Waals surface area contributed by atoms with E-state index >= 15 is 0 Å². The van der Waals surface area contributed by atoms with Gasteiger partial charge in [0.2, 0.25) is 0 Å². The van der Waals surface area contributed by atoms with Crippen molar-refractivity contribution in [2.24, 2.45) is 0 Å². The molecule has 47 valence electrons. The molecule has 0 aromatic carbocycles. The number of rotatable bonds is 0. The minimum Gasteiger partial charge on any atom is -0.300 e. The van der Waals surface area contributed by atoms with Crippen LogP contribution < -0.4 is 10.9 Å². The predicted octanol–water partition coefficient (Wildman–Crippen LogP) is -0.937. The molecule has 1 radical (unpaired) electrons. The first kappa shape index (κ1) is 9.59. The number of hydrazine groups is 1. The van der Waals surface area contributed by atoms with Gasteiger partial charge in [-0.3, -0.25) is 15.6 Å². The second kappa shape index (κ2) is 5.38. The summed E-state index contributed by atoms with van der Waals surface area (Å²) in [6.45, 7) is 1.55. The molecule has 9 heavy (non-hydrogen) atoms. The normalized spacial score (nSPS) is 20.2. The van der Waals surface area contributed by atoms with E-state index in [9.17, 15) is 4.79 Å². The van der Waals surface area contributed by atoms with Crippen LogP contribution in [0.1, 0.15) is 12.8 Å². The molecular formula is C5H10N2NaO. The van der Waals surface area contributed by atoms with Gasteiger partial charge in [-0.15, -0.1) is 0 Å². The van der Waals surface area contributed by atoms with Crippen molar-refractivity contribution in [1.82, 2.24) is 10.9 Å². The molecular weight excluding hydrogens is 127 g/mol. The molecule has 1 aliphatic heterocycles. The van der Waals surface area contributed by atoms with Crippen LogP contribution in [0.2, 0.25) is 0 Å². The van der Waals surface area contributed by atoms with Crippen molar-refractivity contribution in [1.29, 1.82) is 0 Å². The minimum atomic E-state index is 0. The molecule has 0 amide bonds. The van der Waals surface area contributed by atoms with Crippen LogP contribution in [0.5, 0.6) is 0 Å². The average Bonchev–Trinajstić information content (AvgIpc) is 1.94. The van der Waals surface area contributed by atoms with E-state index in [0.717, 1.165) is 13.1 Å². The quantitative estimate of drug-likeness (QED) is 0.423. The summed E-state index contributed by atoms with van der Waals surface area (Å²) in [4.78, 5) is 10.6. The van der Waals surface area contributed by atoms with Crippen molar-refractivity contribution >= 4 is 35.3 Å². The number of carbonyl (C=O) groups excluding carboxylic acids is 1. The summed E-state index contributed by atoms with van der Waals surface area (Å²) < 4.78 is 0. The maximum atomic E-state index is 10.6. The molecule has 1 saturated heterocycles. The number of ketones is 1. The number of hydrogen-bond acceptors (Lipinski definition) is 3. The van der Waals surface area contributed by atoms with Crippen LogP contribution in [0.15, 0.2) is 0 Å². The first-order valence-corrected chi connectivity index (χ1v) is 2.87. The number of hydrogen-bond donors (Lipinski definition) is 2. The van der Waals surface area contributed by atoms with Crippen molar-refractivity contribution < 1.29 is 4.79 Å². The van der Waals surface area contributed by atoms with Crippen molar-refractivity contribution in [3.05, 3.63) is 0 Å². The molecule has 0 aromatic heterocycles. The van der Waals surface area contributed by atoms with Gasteiger partial charge in [0.1, 0.15) is 5.78 Å². The molecule has 0 aromatic rings. The molecule has 0 bridgehead atoms. The van der Waals surface area contributed by atoms with Crippen molar-refractivity contribution in [2.75, 3.05) is 13.1 Å². The van der Waals surface area contributed by atoms with Gasteiger partial charge < -0.3 is 0 Å². The smallest absolute Gasteiger partial charge is 0.135 e. The van der Waals surface area contributed by atoms with Crippen molar-refractivity contribution in [3.8, 4) is 0 Å². The van der Waals surface area contributed by atoms with Gasteiger partial charge in [0, 0.05) is 55.5 Å². The number of carbonyl (C=O) groups is 1. The van der Waals surface area contributed by atoms with E-state index in [1.54, 1.807) is 0 Å². The van der Waals surface area contributed by atoms with E-state index in [2.05, 4.69) is 10.9 Å². The third kappa shape index (κ3) is 4.06. The monoisotopic (exact) mass is 137 g/mol. The molecule has 1 fully saturated rings. The van der Waals surface area contributed by atoms with Gasteiger partial charge in [-0.25, -0.2) is 0 Å². The topological polar surface area (TPSA) is 41.1 Å². The first-order chi connectivity index (χ1) is 3.89. The first-order valence-electron chi connectivity index (χ1n) is 2.87. The fraction of sp³-hybridized carbons (Fsp3) is 0.800. The molecule has 0 saturated carbocycles. The summed E-state index contributed by atoms with van der Waals surface area (Å²) >= 11 is 0. The Morgan fingerprint density at radius 1 is 1.11 bits per heavy atom. The summed E-state index contributed by atoms with van der Waals surface area (Å²) in [5.41, 5.74) is 5.81. The third-order valence-electron chi connectivity index (χ3n) is 1.18. The number of nitrogens with one attached hydrogen (secondary N) is 2. The van der Waals surface area contributed by atoms with Crippen LogP contribution in [-0.2, 0) is 4.79 Å². The molecule has 3 nitrogen and oxygen atoms in total. The second-order valence-corrected chi connectivity index (χ2v) is 1.89. The average molecular weight is 137 g/mol.